The summed E-state index contributed by atoms with van der Waals surface area (Å²) in [7, 11) is 0. The van der Waals surface area contributed by atoms with Gasteiger partial charge in [-0.1, -0.05) is 12.1 Å². The predicted molar refractivity (Wildman–Crippen MR) is 88.9 cm³/mol. The normalized spacial score (nSPS) is 28.5. The molecule has 2 saturated heterocycles. The highest BCUT2D eigenvalue weighted by Crippen LogP contribution is 2.54. The third-order valence-corrected chi connectivity index (χ3v) is 4.93. The minimum Gasteiger partial charge on any atom is -0.399 e. The Morgan fingerprint density at radius 2 is 0.885 bits per heavy atom. The van der Waals surface area contributed by atoms with E-state index in [4.69, 9.17) is 11.5 Å². The molecule has 0 bridgehead atoms. The van der Waals surface area contributed by atoms with Gasteiger partial charge in [0, 0.05) is 11.4 Å². The number of hydrogen-bond donors (Lipinski definition) is 2. The van der Waals surface area contributed by atoms with Gasteiger partial charge in [-0.3, -0.25) is 19.2 Å². The van der Waals surface area contributed by atoms with E-state index in [0.29, 0.717) is 0 Å². The Labute approximate surface area is 147 Å². The summed E-state index contributed by atoms with van der Waals surface area (Å²) in [4.78, 5) is 44.3. The molecule has 8 heteroatoms. The Hall–Kier alpha value is -3.42. The van der Waals surface area contributed by atoms with E-state index in [1.807, 2.05) is 36.4 Å². The number of carbonyl (C=O) groups is 4. The number of nitrogen functional groups attached to an aromatic ring is 2. The van der Waals surface area contributed by atoms with Crippen LogP contribution in [0.4, 0.5) is 11.4 Å². The van der Waals surface area contributed by atoms with Crippen molar-refractivity contribution in [3.8, 4) is 0 Å². The zero-order chi connectivity index (χ0) is 18.6. The molecule has 4 N–H and O–H groups in total. The predicted octanol–water partition coefficient (Wildman–Crippen LogP) is 0.636. The van der Waals surface area contributed by atoms with Crippen LogP contribution in [0.1, 0.15) is 0 Å². The van der Waals surface area contributed by atoms with Crippen LogP contribution in [-0.2, 0) is 28.7 Å². The maximum atomic E-state index is 11.1. The van der Waals surface area contributed by atoms with Crippen molar-refractivity contribution in [2.24, 2.45) is 23.7 Å². The van der Waals surface area contributed by atoms with Crippen LogP contribution in [0.5, 0.6) is 0 Å². The molecule has 2 aromatic carbocycles. The van der Waals surface area contributed by atoms with Crippen molar-refractivity contribution in [2.75, 3.05) is 11.5 Å². The fourth-order valence-corrected chi connectivity index (χ4v) is 3.67. The molecule has 8 nitrogen and oxygen atoms in total. The second-order valence-electron chi connectivity index (χ2n) is 6.45. The summed E-state index contributed by atoms with van der Waals surface area (Å²) in [5, 5.41) is 2.26. The van der Waals surface area contributed by atoms with Gasteiger partial charge >= 0.3 is 23.9 Å². The van der Waals surface area contributed by atoms with Crippen molar-refractivity contribution in [1.82, 2.24) is 0 Å². The Bertz CT molecular complexity index is 862. The van der Waals surface area contributed by atoms with E-state index >= 15 is 0 Å². The molecule has 132 valence electrons. The topological polar surface area (TPSA) is 139 Å². The van der Waals surface area contributed by atoms with Crippen molar-refractivity contribution >= 4 is 46.0 Å². The molecule has 2 aromatic rings. The second kappa shape index (κ2) is 5.55. The largest absolute Gasteiger partial charge is 0.399 e. The Balaban J connectivity index is 0.000000131. The summed E-state index contributed by atoms with van der Waals surface area (Å²) < 4.78 is 8.69. The quantitative estimate of drug-likeness (QED) is 0.399. The smallest absolute Gasteiger partial charge is 0.318 e. The fourth-order valence-electron chi connectivity index (χ4n) is 3.67. The molecule has 3 aliphatic rings. The molecule has 3 fully saturated rings. The lowest BCUT2D eigenvalue weighted by molar-refractivity contribution is -0.158. The molecule has 1 saturated carbocycles. The summed E-state index contributed by atoms with van der Waals surface area (Å²) in [6.07, 6.45) is 0. The van der Waals surface area contributed by atoms with E-state index in [1.165, 1.54) is 0 Å². The third kappa shape index (κ3) is 2.30. The number of nitrogens with two attached hydrogens (primary N) is 2. The van der Waals surface area contributed by atoms with Crippen LogP contribution in [0.3, 0.4) is 0 Å². The SMILES string of the molecule is Nc1ccc2cc(N)ccc2c1.O=C1OC(=O)C2C1C1C(=O)OC(=O)C21. The highest BCUT2D eigenvalue weighted by molar-refractivity contribution is 6.10. The lowest BCUT2D eigenvalue weighted by Crippen LogP contribution is -2.50. The van der Waals surface area contributed by atoms with Crippen LogP contribution < -0.4 is 11.5 Å². The van der Waals surface area contributed by atoms with Gasteiger partial charge in [-0.25, -0.2) is 0 Å². The van der Waals surface area contributed by atoms with Crippen LogP contribution in [0, 0.1) is 23.7 Å². The molecule has 5 rings (SSSR count). The zero-order valence-corrected chi connectivity index (χ0v) is 13.4. The first-order chi connectivity index (χ1) is 12.4. The third-order valence-electron chi connectivity index (χ3n) is 4.93. The van der Waals surface area contributed by atoms with Crippen molar-refractivity contribution in [3.05, 3.63) is 36.4 Å². The molecule has 0 aromatic heterocycles. The Morgan fingerprint density at radius 3 is 1.19 bits per heavy atom. The lowest BCUT2D eigenvalue weighted by atomic mass is 9.59. The summed E-state index contributed by atoms with van der Waals surface area (Å²) in [5.41, 5.74) is 12.8. The van der Waals surface area contributed by atoms with E-state index in [1.54, 1.807) is 0 Å². The minimum absolute atomic E-state index is 0.715. The maximum Gasteiger partial charge on any atom is 0.318 e. The van der Waals surface area contributed by atoms with Crippen molar-refractivity contribution < 1.29 is 28.7 Å². The lowest BCUT2D eigenvalue weighted by Gasteiger charge is -2.33. The van der Waals surface area contributed by atoms with Gasteiger partial charge in [0.05, 0.1) is 23.7 Å². The van der Waals surface area contributed by atoms with Crippen LogP contribution >= 0.6 is 0 Å². The summed E-state index contributed by atoms with van der Waals surface area (Å²) in [6.45, 7) is 0. The molecule has 0 atom stereocenters. The van der Waals surface area contributed by atoms with Crippen molar-refractivity contribution in [1.29, 1.82) is 0 Å². The van der Waals surface area contributed by atoms with Crippen LogP contribution in [0.15, 0.2) is 36.4 Å². The first-order valence-corrected chi connectivity index (χ1v) is 7.92. The molecule has 0 amide bonds. The molecule has 1 aliphatic carbocycles. The average Bonchev–Trinajstić information content (AvgIpc) is 2.90. The van der Waals surface area contributed by atoms with Crippen LogP contribution in [0.25, 0.3) is 10.8 Å². The number of ether oxygens (including phenoxy) is 2. The Morgan fingerprint density at radius 1 is 0.577 bits per heavy atom. The van der Waals surface area contributed by atoms with Gasteiger partial charge in [0.15, 0.2) is 0 Å². The molecule has 0 radical (unpaired) electrons. The summed E-state index contributed by atoms with van der Waals surface area (Å²) in [5.74, 6) is -6.00. The van der Waals surface area contributed by atoms with Crippen molar-refractivity contribution in [3.63, 3.8) is 0 Å². The highest BCUT2D eigenvalue weighted by atomic mass is 16.6. The second-order valence-corrected chi connectivity index (χ2v) is 6.45. The molecule has 0 spiro atoms. The first kappa shape index (κ1) is 16.1. The van der Waals surface area contributed by atoms with Gasteiger partial charge in [-0.15, -0.1) is 0 Å². The molecule has 26 heavy (non-hydrogen) atoms. The van der Waals surface area contributed by atoms with Gasteiger partial charge in [0.2, 0.25) is 0 Å². The highest BCUT2D eigenvalue weighted by Gasteiger charge is 2.72. The number of cyclic esters (lactones) is 4. The number of anilines is 2. The number of rotatable bonds is 0. The molecular weight excluding hydrogens is 340 g/mol. The zero-order valence-electron chi connectivity index (χ0n) is 13.4. The van der Waals surface area contributed by atoms with Gasteiger partial charge < -0.3 is 20.9 Å². The molecular formula is C18H14N2O6. The van der Waals surface area contributed by atoms with Gasteiger partial charge in [0.25, 0.3) is 0 Å². The maximum absolute atomic E-state index is 11.1. The van der Waals surface area contributed by atoms with E-state index < -0.39 is 47.5 Å². The molecule has 0 unspecified atom stereocenters. The van der Waals surface area contributed by atoms with E-state index in [2.05, 4.69) is 9.47 Å². The van der Waals surface area contributed by atoms with Gasteiger partial charge in [-0.2, -0.15) is 0 Å². The van der Waals surface area contributed by atoms with E-state index in [-0.39, 0.29) is 0 Å². The summed E-state index contributed by atoms with van der Waals surface area (Å²) in [6, 6.07) is 11.6. The van der Waals surface area contributed by atoms with Gasteiger partial charge in [-0.05, 0) is 35.0 Å². The van der Waals surface area contributed by atoms with Crippen LogP contribution in [-0.4, -0.2) is 23.9 Å². The monoisotopic (exact) mass is 354 g/mol. The number of carbonyl (C=O) groups excluding carboxylic acids is 4. The Kier molecular flexibility index (Phi) is 3.43. The minimum atomic E-state index is -0.786. The van der Waals surface area contributed by atoms with Crippen LogP contribution in [0.2, 0.25) is 0 Å². The molecule has 2 aliphatic heterocycles. The average molecular weight is 354 g/mol. The number of fused-ring (bicyclic) bond motifs is 5. The van der Waals surface area contributed by atoms with E-state index in [9.17, 15) is 19.2 Å². The number of benzene rings is 2. The first-order valence-electron chi connectivity index (χ1n) is 7.92. The number of hydrogen-bond acceptors (Lipinski definition) is 8. The fraction of sp³-hybridized carbons (Fsp3) is 0.222. The summed E-state index contributed by atoms with van der Waals surface area (Å²) >= 11 is 0. The van der Waals surface area contributed by atoms with E-state index in [0.717, 1.165) is 22.1 Å². The molecule has 2 heterocycles. The number of esters is 4. The van der Waals surface area contributed by atoms with Crippen molar-refractivity contribution in [2.45, 2.75) is 0 Å². The standard InChI is InChI=1S/C10H10N2.C8H4O6/c11-9-3-1-7-5-10(12)4-2-8(7)6-9;9-5-1-2(6(10)13-5)4-3(1)7(11)14-8(4)12/h1-6H,11-12H2;1-4H. The van der Waals surface area contributed by atoms with Gasteiger partial charge in [0.1, 0.15) is 0 Å².